The van der Waals surface area contributed by atoms with Crippen LogP contribution in [0.15, 0.2) is 24.4 Å². The topological polar surface area (TPSA) is 101 Å². The lowest BCUT2D eigenvalue weighted by Gasteiger charge is -2.23. The third kappa shape index (κ3) is 3.19. The lowest BCUT2D eigenvalue weighted by molar-refractivity contribution is -0.144. The number of urea groups is 1. The molecule has 1 fully saturated rings. The highest BCUT2D eigenvalue weighted by molar-refractivity contribution is 5.86. The Balaban J connectivity index is 1.88. The average molecular weight is 265 g/mol. The monoisotopic (exact) mass is 265 g/mol. The molecule has 0 saturated carbocycles. The van der Waals surface area contributed by atoms with Crippen LogP contribution in [0, 0.1) is 0 Å². The lowest BCUT2D eigenvalue weighted by atomic mass is 9.99. The molecular formula is C12H15N3O4. The van der Waals surface area contributed by atoms with Gasteiger partial charge in [-0.1, -0.05) is 6.07 Å². The summed E-state index contributed by atoms with van der Waals surface area (Å²) in [7, 11) is 0. The van der Waals surface area contributed by atoms with Crippen molar-refractivity contribution in [3.8, 4) is 0 Å². The molecule has 102 valence electrons. The molecule has 2 rings (SSSR count). The van der Waals surface area contributed by atoms with Gasteiger partial charge >= 0.3 is 12.0 Å². The number of hydrogen-bond donors (Lipinski definition) is 3. The summed E-state index contributed by atoms with van der Waals surface area (Å²) in [6.07, 6.45) is 1.89. The van der Waals surface area contributed by atoms with Gasteiger partial charge in [0.2, 0.25) is 0 Å². The number of carboxylic acid groups (broad SMARTS) is 1. The Morgan fingerprint density at radius 2 is 2.32 bits per heavy atom. The number of aliphatic carboxylic acids is 1. The van der Waals surface area contributed by atoms with Gasteiger partial charge in [0.15, 0.2) is 5.54 Å². The molecule has 0 bridgehead atoms. The molecule has 1 atom stereocenters. The fraction of sp³-hybridized carbons (Fsp3) is 0.417. The predicted molar refractivity (Wildman–Crippen MR) is 65.4 cm³/mol. The van der Waals surface area contributed by atoms with Crippen molar-refractivity contribution in [3.63, 3.8) is 0 Å². The third-order valence-electron chi connectivity index (χ3n) is 2.94. The van der Waals surface area contributed by atoms with E-state index >= 15 is 0 Å². The Morgan fingerprint density at radius 3 is 2.89 bits per heavy atom. The summed E-state index contributed by atoms with van der Waals surface area (Å²) >= 11 is 0. The van der Waals surface area contributed by atoms with Gasteiger partial charge in [-0.2, -0.15) is 0 Å². The zero-order chi connectivity index (χ0) is 13.7. The lowest BCUT2D eigenvalue weighted by Crippen LogP contribution is -2.57. The minimum absolute atomic E-state index is 0.0145. The van der Waals surface area contributed by atoms with E-state index in [1.165, 1.54) is 0 Å². The second-order valence-electron chi connectivity index (χ2n) is 4.32. The van der Waals surface area contributed by atoms with E-state index in [4.69, 9.17) is 9.84 Å². The molecule has 1 aromatic heterocycles. The van der Waals surface area contributed by atoms with Crippen LogP contribution in [0.2, 0.25) is 0 Å². The van der Waals surface area contributed by atoms with Crippen molar-refractivity contribution in [1.29, 1.82) is 0 Å². The summed E-state index contributed by atoms with van der Waals surface area (Å²) in [5.74, 6) is -1.09. The van der Waals surface area contributed by atoms with Crippen LogP contribution in [-0.4, -0.2) is 40.8 Å². The summed E-state index contributed by atoms with van der Waals surface area (Å²) in [5.41, 5.74) is -0.626. The van der Waals surface area contributed by atoms with Crippen LogP contribution in [-0.2, 0) is 16.1 Å². The number of amides is 2. The summed E-state index contributed by atoms with van der Waals surface area (Å²) in [5, 5.41) is 14.2. The van der Waals surface area contributed by atoms with E-state index in [2.05, 4.69) is 15.6 Å². The molecule has 1 saturated heterocycles. The molecule has 7 heteroatoms. The summed E-state index contributed by atoms with van der Waals surface area (Å²) in [4.78, 5) is 27.0. The fourth-order valence-electron chi connectivity index (χ4n) is 1.82. The number of ether oxygens (including phenoxy) is 1. The van der Waals surface area contributed by atoms with Crippen molar-refractivity contribution in [2.75, 3.05) is 13.2 Å². The van der Waals surface area contributed by atoms with Gasteiger partial charge in [-0.05, 0) is 12.1 Å². The second kappa shape index (κ2) is 5.66. The summed E-state index contributed by atoms with van der Waals surface area (Å²) < 4.78 is 5.05. The number of aromatic nitrogens is 1. The Bertz CT molecular complexity index is 457. The standard InChI is InChI=1S/C12H15N3O4/c16-10(17)12(4-6-19-8-12)15-11(18)14-7-9-3-1-2-5-13-9/h1-3,5H,4,6-8H2,(H,16,17)(H2,14,15,18). The van der Waals surface area contributed by atoms with Crippen LogP contribution in [0.25, 0.3) is 0 Å². The molecule has 2 amide bonds. The number of nitrogens with zero attached hydrogens (tertiary/aromatic N) is 1. The largest absolute Gasteiger partial charge is 0.479 e. The first-order valence-electron chi connectivity index (χ1n) is 5.89. The number of carboxylic acids is 1. The van der Waals surface area contributed by atoms with Crippen molar-refractivity contribution in [2.45, 2.75) is 18.5 Å². The van der Waals surface area contributed by atoms with Gasteiger partial charge in [-0.15, -0.1) is 0 Å². The molecule has 1 aliphatic rings. The minimum atomic E-state index is -1.33. The van der Waals surface area contributed by atoms with E-state index in [0.717, 1.165) is 0 Å². The average Bonchev–Trinajstić information content (AvgIpc) is 2.87. The van der Waals surface area contributed by atoms with Crippen molar-refractivity contribution in [2.24, 2.45) is 0 Å². The first kappa shape index (κ1) is 13.3. The van der Waals surface area contributed by atoms with Crippen molar-refractivity contribution in [1.82, 2.24) is 15.6 Å². The van der Waals surface area contributed by atoms with E-state index in [1.54, 1.807) is 18.3 Å². The normalized spacial score (nSPS) is 21.9. The second-order valence-corrected chi connectivity index (χ2v) is 4.32. The highest BCUT2D eigenvalue weighted by Gasteiger charge is 2.43. The van der Waals surface area contributed by atoms with Crippen LogP contribution in [0.4, 0.5) is 4.79 Å². The van der Waals surface area contributed by atoms with Gasteiger partial charge in [0, 0.05) is 19.2 Å². The van der Waals surface area contributed by atoms with Crippen molar-refractivity contribution in [3.05, 3.63) is 30.1 Å². The van der Waals surface area contributed by atoms with Crippen LogP contribution in [0.3, 0.4) is 0 Å². The molecule has 2 heterocycles. The van der Waals surface area contributed by atoms with Crippen LogP contribution < -0.4 is 10.6 Å². The van der Waals surface area contributed by atoms with Crippen LogP contribution >= 0.6 is 0 Å². The number of rotatable bonds is 4. The molecule has 1 unspecified atom stereocenters. The zero-order valence-corrected chi connectivity index (χ0v) is 10.3. The quantitative estimate of drug-likeness (QED) is 0.718. The van der Waals surface area contributed by atoms with Gasteiger partial charge in [0.25, 0.3) is 0 Å². The minimum Gasteiger partial charge on any atom is -0.479 e. The Hall–Kier alpha value is -2.15. The van der Waals surface area contributed by atoms with E-state index in [1.807, 2.05) is 6.07 Å². The van der Waals surface area contributed by atoms with Crippen LogP contribution in [0.5, 0.6) is 0 Å². The fourth-order valence-corrected chi connectivity index (χ4v) is 1.82. The van der Waals surface area contributed by atoms with Gasteiger partial charge < -0.3 is 20.5 Å². The van der Waals surface area contributed by atoms with Gasteiger partial charge in [-0.25, -0.2) is 9.59 Å². The molecule has 3 N–H and O–H groups in total. The maximum Gasteiger partial charge on any atom is 0.332 e. The molecule has 1 aromatic rings. The number of pyridine rings is 1. The van der Waals surface area contributed by atoms with Crippen molar-refractivity contribution < 1.29 is 19.4 Å². The van der Waals surface area contributed by atoms with E-state index in [0.29, 0.717) is 12.3 Å². The molecule has 1 aliphatic heterocycles. The highest BCUT2D eigenvalue weighted by atomic mass is 16.5. The van der Waals surface area contributed by atoms with E-state index in [-0.39, 0.29) is 19.6 Å². The number of hydrogen-bond acceptors (Lipinski definition) is 4. The molecule has 0 spiro atoms. The third-order valence-corrected chi connectivity index (χ3v) is 2.94. The van der Waals surface area contributed by atoms with Crippen LogP contribution in [0.1, 0.15) is 12.1 Å². The van der Waals surface area contributed by atoms with E-state index in [9.17, 15) is 9.59 Å². The molecule has 0 aromatic carbocycles. The first-order chi connectivity index (χ1) is 9.12. The first-order valence-corrected chi connectivity index (χ1v) is 5.89. The SMILES string of the molecule is O=C(NCc1ccccn1)NC1(C(=O)O)CCOC1. The van der Waals surface area contributed by atoms with Gasteiger partial charge in [0.05, 0.1) is 18.8 Å². The Morgan fingerprint density at radius 1 is 1.47 bits per heavy atom. The van der Waals surface area contributed by atoms with Gasteiger partial charge in [0.1, 0.15) is 0 Å². The van der Waals surface area contributed by atoms with Gasteiger partial charge in [-0.3, -0.25) is 4.98 Å². The summed E-state index contributed by atoms with van der Waals surface area (Å²) in [6.45, 7) is 0.551. The highest BCUT2D eigenvalue weighted by Crippen LogP contribution is 2.18. The number of carbonyl (C=O) groups excluding carboxylic acids is 1. The molecule has 19 heavy (non-hydrogen) atoms. The molecule has 0 aliphatic carbocycles. The molecule has 0 radical (unpaired) electrons. The van der Waals surface area contributed by atoms with Crippen molar-refractivity contribution >= 4 is 12.0 Å². The Kier molecular flexibility index (Phi) is 3.96. The maximum atomic E-state index is 11.7. The maximum absolute atomic E-state index is 11.7. The summed E-state index contributed by atoms with van der Waals surface area (Å²) in [6, 6.07) is 4.81. The van der Waals surface area contributed by atoms with E-state index < -0.39 is 17.5 Å². The molecule has 7 nitrogen and oxygen atoms in total. The number of nitrogens with one attached hydrogen (secondary N) is 2. The number of carbonyl (C=O) groups is 2. The predicted octanol–water partition coefficient (Wildman–Crippen LogP) is 0.124. The Labute approximate surface area is 110 Å². The smallest absolute Gasteiger partial charge is 0.332 e. The molecular weight excluding hydrogens is 250 g/mol. The zero-order valence-electron chi connectivity index (χ0n) is 10.3.